The first-order chi connectivity index (χ1) is 9.11. The molecule has 100 valence electrons. The molecule has 0 bridgehead atoms. The maximum atomic E-state index is 6.14. The predicted molar refractivity (Wildman–Crippen MR) is 79.4 cm³/mol. The third-order valence-electron chi connectivity index (χ3n) is 2.77. The molecule has 2 rings (SSSR count). The van der Waals surface area contributed by atoms with Crippen molar-refractivity contribution in [2.45, 2.75) is 25.6 Å². The van der Waals surface area contributed by atoms with Crippen molar-refractivity contribution in [1.29, 1.82) is 0 Å². The summed E-state index contributed by atoms with van der Waals surface area (Å²) in [6, 6.07) is 9.66. The van der Waals surface area contributed by atoms with E-state index >= 15 is 0 Å². The van der Waals surface area contributed by atoms with Crippen LogP contribution in [0.1, 0.15) is 30.9 Å². The molecular formula is C15H15Cl2NO. The van der Waals surface area contributed by atoms with Crippen LogP contribution in [-0.2, 0) is 5.88 Å². The molecule has 0 amide bonds. The van der Waals surface area contributed by atoms with E-state index in [1.807, 2.05) is 24.3 Å². The molecule has 19 heavy (non-hydrogen) atoms. The summed E-state index contributed by atoms with van der Waals surface area (Å²) in [5, 5.41) is 0.469. The number of benzene rings is 1. The van der Waals surface area contributed by atoms with Gasteiger partial charge in [0.1, 0.15) is 10.8 Å². The molecule has 0 aliphatic carbocycles. The lowest BCUT2D eigenvalue weighted by atomic mass is 10.0. The zero-order valence-corrected chi connectivity index (χ0v) is 12.4. The second-order valence-electron chi connectivity index (χ2n) is 4.56. The van der Waals surface area contributed by atoms with Crippen LogP contribution in [0.5, 0.6) is 11.6 Å². The van der Waals surface area contributed by atoms with Gasteiger partial charge in [0.25, 0.3) is 0 Å². The first kappa shape index (κ1) is 14.2. The van der Waals surface area contributed by atoms with E-state index in [4.69, 9.17) is 27.9 Å². The fourth-order valence-corrected chi connectivity index (χ4v) is 2.14. The van der Waals surface area contributed by atoms with Crippen LogP contribution in [0, 0.1) is 0 Å². The summed E-state index contributed by atoms with van der Waals surface area (Å²) in [6.07, 6.45) is 1.67. The Morgan fingerprint density at radius 2 is 2.00 bits per heavy atom. The van der Waals surface area contributed by atoms with Gasteiger partial charge in [-0.3, -0.25) is 0 Å². The van der Waals surface area contributed by atoms with E-state index in [9.17, 15) is 0 Å². The van der Waals surface area contributed by atoms with E-state index in [1.165, 1.54) is 0 Å². The van der Waals surface area contributed by atoms with E-state index in [-0.39, 0.29) is 0 Å². The zero-order chi connectivity index (χ0) is 13.8. The molecule has 0 atom stereocenters. The molecule has 0 aliphatic rings. The molecule has 4 heteroatoms. The molecule has 0 fully saturated rings. The Balaban J connectivity index is 2.31. The molecular weight excluding hydrogens is 281 g/mol. The van der Waals surface area contributed by atoms with Crippen molar-refractivity contribution in [2.24, 2.45) is 0 Å². The summed E-state index contributed by atoms with van der Waals surface area (Å²) >= 11 is 11.9. The minimum atomic E-state index is 0.372. The van der Waals surface area contributed by atoms with Crippen molar-refractivity contribution >= 4 is 23.2 Å². The Morgan fingerprint density at radius 3 is 2.63 bits per heavy atom. The van der Waals surface area contributed by atoms with Crippen molar-refractivity contribution in [3.63, 3.8) is 0 Å². The SMILES string of the molecule is CC(C)c1ccccc1Oc1ncc(CCl)cc1Cl. The molecule has 1 aromatic heterocycles. The maximum absolute atomic E-state index is 6.14. The molecule has 0 unspecified atom stereocenters. The lowest BCUT2D eigenvalue weighted by Gasteiger charge is -2.13. The summed E-state index contributed by atoms with van der Waals surface area (Å²) in [7, 11) is 0. The standard InChI is InChI=1S/C15H15Cl2NO/c1-10(2)12-5-3-4-6-14(12)19-15-13(17)7-11(8-16)9-18-15/h3-7,9-10H,8H2,1-2H3. The fourth-order valence-electron chi connectivity index (χ4n) is 1.77. The number of pyridine rings is 1. The molecule has 0 saturated carbocycles. The number of aromatic nitrogens is 1. The van der Waals surface area contributed by atoms with Crippen molar-refractivity contribution in [3.05, 3.63) is 52.7 Å². The van der Waals surface area contributed by atoms with Gasteiger partial charge in [0.2, 0.25) is 5.88 Å². The molecule has 0 aliphatic heterocycles. The van der Waals surface area contributed by atoms with Crippen molar-refractivity contribution in [3.8, 4) is 11.6 Å². The molecule has 2 nitrogen and oxygen atoms in total. The zero-order valence-electron chi connectivity index (χ0n) is 10.9. The number of hydrogen-bond acceptors (Lipinski definition) is 2. The highest BCUT2D eigenvalue weighted by atomic mass is 35.5. The van der Waals surface area contributed by atoms with Crippen LogP contribution in [0.2, 0.25) is 5.02 Å². The Morgan fingerprint density at radius 1 is 1.26 bits per heavy atom. The molecule has 1 heterocycles. The average molecular weight is 296 g/mol. The number of hydrogen-bond donors (Lipinski definition) is 0. The molecule has 0 N–H and O–H groups in total. The number of alkyl halides is 1. The van der Waals surface area contributed by atoms with Gasteiger partial charge in [-0.05, 0) is 29.2 Å². The summed E-state index contributed by atoms with van der Waals surface area (Å²) in [5.74, 6) is 1.95. The first-order valence-electron chi connectivity index (χ1n) is 6.09. The maximum Gasteiger partial charge on any atom is 0.238 e. The Bertz CT molecular complexity index is 570. The minimum Gasteiger partial charge on any atom is -0.437 e. The van der Waals surface area contributed by atoms with E-state index in [0.717, 1.165) is 16.9 Å². The lowest BCUT2D eigenvalue weighted by Crippen LogP contribution is -1.96. The van der Waals surface area contributed by atoms with Gasteiger partial charge in [0.05, 0.1) is 0 Å². The van der Waals surface area contributed by atoms with Crippen molar-refractivity contribution < 1.29 is 4.74 Å². The van der Waals surface area contributed by atoms with Gasteiger partial charge in [0.15, 0.2) is 0 Å². The first-order valence-corrected chi connectivity index (χ1v) is 7.00. The van der Waals surface area contributed by atoms with Crippen LogP contribution in [0.3, 0.4) is 0 Å². The van der Waals surface area contributed by atoms with Gasteiger partial charge in [0, 0.05) is 12.1 Å². The summed E-state index contributed by atoms with van der Waals surface area (Å²) in [5.41, 5.74) is 2.00. The van der Waals surface area contributed by atoms with Crippen LogP contribution in [0.25, 0.3) is 0 Å². The molecule has 0 saturated heterocycles. The largest absolute Gasteiger partial charge is 0.437 e. The monoisotopic (exact) mass is 295 g/mol. The van der Waals surface area contributed by atoms with Crippen LogP contribution >= 0.6 is 23.2 Å². The smallest absolute Gasteiger partial charge is 0.238 e. The van der Waals surface area contributed by atoms with Crippen molar-refractivity contribution in [2.75, 3.05) is 0 Å². The number of halogens is 2. The fraction of sp³-hybridized carbons (Fsp3) is 0.267. The summed E-state index contributed by atoms with van der Waals surface area (Å²) in [4.78, 5) is 4.21. The highest BCUT2D eigenvalue weighted by Crippen LogP contribution is 2.33. The molecule has 0 spiro atoms. The van der Waals surface area contributed by atoms with Gasteiger partial charge in [-0.15, -0.1) is 11.6 Å². The Labute approximate surface area is 123 Å². The second-order valence-corrected chi connectivity index (χ2v) is 5.23. The minimum absolute atomic E-state index is 0.372. The predicted octanol–water partition coefficient (Wildman–Crippen LogP) is 5.39. The second kappa shape index (κ2) is 6.27. The number of para-hydroxylation sites is 1. The number of rotatable bonds is 4. The average Bonchev–Trinajstić information content (AvgIpc) is 2.41. The van der Waals surface area contributed by atoms with Gasteiger partial charge >= 0.3 is 0 Å². The van der Waals surface area contributed by atoms with Gasteiger partial charge < -0.3 is 4.74 Å². The third-order valence-corrected chi connectivity index (χ3v) is 3.35. The highest BCUT2D eigenvalue weighted by molar-refractivity contribution is 6.32. The van der Waals surface area contributed by atoms with Crippen LogP contribution < -0.4 is 4.74 Å². The van der Waals surface area contributed by atoms with E-state index < -0.39 is 0 Å². The third kappa shape index (κ3) is 3.40. The van der Waals surface area contributed by atoms with Gasteiger partial charge in [-0.25, -0.2) is 4.98 Å². The topological polar surface area (TPSA) is 22.1 Å². The van der Waals surface area contributed by atoms with Gasteiger partial charge in [-0.1, -0.05) is 43.6 Å². The van der Waals surface area contributed by atoms with E-state index in [1.54, 1.807) is 12.3 Å². The normalized spacial score (nSPS) is 10.8. The number of ether oxygens (including phenoxy) is 1. The Kier molecular flexibility index (Phi) is 4.67. The summed E-state index contributed by atoms with van der Waals surface area (Å²) < 4.78 is 5.81. The Hall–Kier alpha value is -1.25. The van der Waals surface area contributed by atoms with Crippen LogP contribution in [0.4, 0.5) is 0 Å². The van der Waals surface area contributed by atoms with Crippen molar-refractivity contribution in [1.82, 2.24) is 4.98 Å². The quantitative estimate of drug-likeness (QED) is 0.706. The van der Waals surface area contributed by atoms with E-state index in [0.29, 0.717) is 22.7 Å². The molecule has 1 aromatic carbocycles. The van der Waals surface area contributed by atoms with Crippen LogP contribution in [0.15, 0.2) is 36.5 Å². The van der Waals surface area contributed by atoms with Crippen LogP contribution in [-0.4, -0.2) is 4.98 Å². The number of nitrogens with zero attached hydrogens (tertiary/aromatic N) is 1. The highest BCUT2D eigenvalue weighted by Gasteiger charge is 2.11. The molecule has 2 aromatic rings. The summed E-state index contributed by atoms with van der Waals surface area (Å²) in [6.45, 7) is 4.24. The molecule has 0 radical (unpaired) electrons. The van der Waals surface area contributed by atoms with Gasteiger partial charge in [-0.2, -0.15) is 0 Å². The lowest BCUT2D eigenvalue weighted by molar-refractivity contribution is 0.454. The van der Waals surface area contributed by atoms with E-state index in [2.05, 4.69) is 18.8 Å².